The van der Waals surface area contributed by atoms with Crippen LogP contribution in [0.2, 0.25) is 0 Å². The van der Waals surface area contributed by atoms with E-state index in [0.29, 0.717) is 30.1 Å². The molecule has 0 saturated carbocycles. The second-order valence-electron chi connectivity index (χ2n) is 6.04. The number of aliphatic hydroxyl groups excluding tert-OH is 1. The van der Waals surface area contributed by atoms with E-state index in [1.54, 1.807) is 37.6 Å². The number of benzene rings is 1. The van der Waals surface area contributed by atoms with Gasteiger partial charge < -0.3 is 25.8 Å². The van der Waals surface area contributed by atoms with Crippen LogP contribution in [0.4, 0.5) is 11.4 Å². The number of carbonyl (C=O) groups excluding carboxylic acids is 2. The summed E-state index contributed by atoms with van der Waals surface area (Å²) in [7, 11) is 1.58. The number of β-amino-alcohol motifs (C(OH)–C–C–N with tert-alkyl or cyclic N) is 1. The summed E-state index contributed by atoms with van der Waals surface area (Å²) in [6, 6.07) is 6.57. The number of nitrogens with zero attached hydrogens (tertiary/aromatic N) is 2. The molecule has 1 aromatic heterocycles. The van der Waals surface area contributed by atoms with E-state index in [1.807, 2.05) is 0 Å². The van der Waals surface area contributed by atoms with Crippen LogP contribution >= 0.6 is 12.4 Å². The number of nitrogens with one attached hydrogen (secondary N) is 3. The molecule has 27 heavy (non-hydrogen) atoms. The van der Waals surface area contributed by atoms with Crippen LogP contribution < -0.4 is 20.7 Å². The number of halogens is 1. The highest BCUT2D eigenvalue weighted by Crippen LogP contribution is 2.15. The van der Waals surface area contributed by atoms with Gasteiger partial charge in [0.1, 0.15) is 12.3 Å². The molecule has 9 nitrogen and oxygen atoms in total. The standard InChI is InChI=1S/C17H21N5O4.ClH/c1-26-14-4-2-11(3-5-14)20-16(24)10-22-9-12(7-19-22)21-17(25)15-6-13(23)8-18-15;/h2-5,7,9,13,15,18,23H,6,8,10H2,1H3,(H,20,24)(H,21,25);1H. The highest BCUT2D eigenvalue weighted by atomic mass is 35.5. The second kappa shape index (κ2) is 9.36. The van der Waals surface area contributed by atoms with Crippen molar-refractivity contribution in [3.05, 3.63) is 36.7 Å². The van der Waals surface area contributed by atoms with Crippen LogP contribution in [0.25, 0.3) is 0 Å². The van der Waals surface area contributed by atoms with Crippen LogP contribution in [0.5, 0.6) is 5.75 Å². The van der Waals surface area contributed by atoms with Gasteiger partial charge in [0.05, 0.1) is 31.1 Å². The Labute approximate surface area is 162 Å². The van der Waals surface area contributed by atoms with Crippen molar-refractivity contribution in [3.8, 4) is 5.75 Å². The van der Waals surface area contributed by atoms with Crippen LogP contribution in [0.1, 0.15) is 6.42 Å². The summed E-state index contributed by atoms with van der Waals surface area (Å²) in [5, 5.41) is 21.9. The van der Waals surface area contributed by atoms with Crippen molar-refractivity contribution in [1.29, 1.82) is 0 Å². The van der Waals surface area contributed by atoms with Crippen LogP contribution in [0.3, 0.4) is 0 Å². The van der Waals surface area contributed by atoms with Gasteiger partial charge in [-0.05, 0) is 30.7 Å². The average molecular weight is 396 g/mol. The number of hydrogen-bond donors (Lipinski definition) is 4. The first kappa shape index (κ1) is 20.7. The molecule has 3 rings (SSSR count). The van der Waals surface area contributed by atoms with Gasteiger partial charge in [0, 0.05) is 18.4 Å². The van der Waals surface area contributed by atoms with Crippen molar-refractivity contribution in [1.82, 2.24) is 15.1 Å². The molecule has 2 aromatic rings. The molecule has 146 valence electrons. The monoisotopic (exact) mass is 395 g/mol. The third-order valence-electron chi connectivity index (χ3n) is 4.00. The van der Waals surface area contributed by atoms with E-state index in [2.05, 4.69) is 21.0 Å². The van der Waals surface area contributed by atoms with Crippen LogP contribution in [0, 0.1) is 0 Å². The van der Waals surface area contributed by atoms with Gasteiger partial charge in [0.2, 0.25) is 11.8 Å². The van der Waals surface area contributed by atoms with E-state index in [1.165, 1.54) is 10.9 Å². The van der Waals surface area contributed by atoms with Crippen molar-refractivity contribution >= 4 is 35.6 Å². The molecule has 2 heterocycles. The smallest absolute Gasteiger partial charge is 0.246 e. The Hall–Kier alpha value is -2.62. The minimum Gasteiger partial charge on any atom is -0.497 e. The lowest BCUT2D eigenvalue weighted by atomic mass is 10.2. The first-order valence-electron chi connectivity index (χ1n) is 8.22. The van der Waals surface area contributed by atoms with Gasteiger partial charge in [0.15, 0.2) is 0 Å². The molecule has 1 aliphatic heterocycles. The van der Waals surface area contributed by atoms with E-state index < -0.39 is 12.1 Å². The number of rotatable bonds is 6. The number of aromatic nitrogens is 2. The Bertz CT molecular complexity index is 780. The zero-order valence-corrected chi connectivity index (χ0v) is 15.5. The van der Waals surface area contributed by atoms with Crippen LogP contribution in [-0.4, -0.2) is 52.5 Å². The summed E-state index contributed by atoms with van der Waals surface area (Å²) in [5.41, 5.74) is 1.15. The summed E-state index contributed by atoms with van der Waals surface area (Å²) >= 11 is 0. The number of anilines is 2. The van der Waals surface area contributed by atoms with Crippen molar-refractivity contribution in [2.75, 3.05) is 24.3 Å². The fraction of sp³-hybridized carbons (Fsp3) is 0.353. The fourth-order valence-corrected chi connectivity index (χ4v) is 2.68. The molecule has 0 bridgehead atoms. The van der Waals surface area contributed by atoms with Gasteiger partial charge in [-0.25, -0.2) is 0 Å². The molecular weight excluding hydrogens is 374 g/mol. The molecule has 0 spiro atoms. The van der Waals surface area contributed by atoms with Crippen molar-refractivity contribution in [3.63, 3.8) is 0 Å². The predicted octanol–water partition coefficient (Wildman–Crippen LogP) is 0.613. The maximum atomic E-state index is 12.1. The lowest BCUT2D eigenvalue weighted by Gasteiger charge is -2.09. The SMILES string of the molecule is COc1ccc(NC(=O)Cn2cc(NC(=O)C3CC(O)CN3)cn2)cc1.Cl. The van der Waals surface area contributed by atoms with E-state index in [-0.39, 0.29) is 30.8 Å². The van der Waals surface area contributed by atoms with E-state index >= 15 is 0 Å². The van der Waals surface area contributed by atoms with Crippen LogP contribution in [0.15, 0.2) is 36.7 Å². The number of methoxy groups -OCH3 is 1. The average Bonchev–Trinajstić information content (AvgIpc) is 3.24. The topological polar surface area (TPSA) is 118 Å². The zero-order chi connectivity index (χ0) is 18.5. The highest BCUT2D eigenvalue weighted by molar-refractivity contribution is 5.95. The minimum absolute atomic E-state index is 0. The fourth-order valence-electron chi connectivity index (χ4n) is 2.68. The molecule has 0 aliphatic carbocycles. The van der Waals surface area contributed by atoms with Gasteiger partial charge in [-0.3, -0.25) is 14.3 Å². The van der Waals surface area contributed by atoms with Crippen molar-refractivity contribution in [2.24, 2.45) is 0 Å². The third kappa shape index (κ3) is 5.68. The molecule has 1 aliphatic rings. The van der Waals surface area contributed by atoms with Crippen LogP contribution in [-0.2, 0) is 16.1 Å². The second-order valence-corrected chi connectivity index (χ2v) is 6.04. The number of carbonyl (C=O) groups is 2. The third-order valence-corrected chi connectivity index (χ3v) is 4.00. The summed E-state index contributed by atoms with van der Waals surface area (Å²) in [5.74, 6) is 0.236. The predicted molar refractivity (Wildman–Crippen MR) is 102 cm³/mol. The maximum Gasteiger partial charge on any atom is 0.246 e. The normalized spacial score (nSPS) is 18.4. The van der Waals surface area contributed by atoms with E-state index in [4.69, 9.17) is 4.74 Å². The Balaban J connectivity index is 0.00000261. The first-order chi connectivity index (χ1) is 12.5. The lowest BCUT2D eigenvalue weighted by Crippen LogP contribution is -2.35. The highest BCUT2D eigenvalue weighted by Gasteiger charge is 2.28. The van der Waals surface area contributed by atoms with Gasteiger partial charge in [-0.15, -0.1) is 12.4 Å². The summed E-state index contributed by atoms with van der Waals surface area (Å²) < 4.78 is 6.50. The molecular formula is C17H22ClN5O4. The largest absolute Gasteiger partial charge is 0.497 e. The minimum atomic E-state index is -0.505. The van der Waals surface area contributed by atoms with E-state index in [0.717, 1.165) is 0 Å². The molecule has 2 unspecified atom stereocenters. The van der Waals surface area contributed by atoms with Crippen molar-refractivity contribution in [2.45, 2.75) is 25.1 Å². The Morgan fingerprint density at radius 1 is 1.30 bits per heavy atom. The Kier molecular flexibility index (Phi) is 7.17. The van der Waals surface area contributed by atoms with Gasteiger partial charge in [0.25, 0.3) is 0 Å². The van der Waals surface area contributed by atoms with E-state index in [9.17, 15) is 14.7 Å². The molecule has 10 heteroatoms. The molecule has 0 radical (unpaired) electrons. The molecule has 1 aromatic carbocycles. The first-order valence-corrected chi connectivity index (χ1v) is 8.22. The molecule has 4 N–H and O–H groups in total. The summed E-state index contributed by atoms with van der Waals surface area (Å²) in [6.45, 7) is 0.422. The quantitative estimate of drug-likeness (QED) is 0.569. The Morgan fingerprint density at radius 3 is 2.67 bits per heavy atom. The molecule has 1 saturated heterocycles. The molecule has 2 atom stereocenters. The van der Waals surface area contributed by atoms with Gasteiger partial charge in [-0.2, -0.15) is 5.10 Å². The lowest BCUT2D eigenvalue weighted by molar-refractivity contribution is -0.118. The molecule has 1 fully saturated rings. The summed E-state index contributed by atoms with van der Waals surface area (Å²) in [6.07, 6.45) is 2.93. The van der Waals surface area contributed by atoms with Gasteiger partial charge >= 0.3 is 0 Å². The Morgan fingerprint density at radius 2 is 2.04 bits per heavy atom. The maximum absolute atomic E-state index is 12.1. The number of ether oxygens (including phenoxy) is 1. The summed E-state index contributed by atoms with van der Waals surface area (Å²) in [4.78, 5) is 24.2. The number of amides is 2. The number of aliphatic hydroxyl groups is 1. The van der Waals surface area contributed by atoms with Crippen molar-refractivity contribution < 1.29 is 19.4 Å². The zero-order valence-electron chi connectivity index (χ0n) is 14.7. The van der Waals surface area contributed by atoms with Gasteiger partial charge in [-0.1, -0.05) is 0 Å². The number of hydrogen-bond acceptors (Lipinski definition) is 6. The molecule has 2 amide bonds.